The number of aromatic hydroxyl groups is 1. The third kappa shape index (κ3) is 2.84. The fourth-order valence-electron chi connectivity index (χ4n) is 3.37. The molecule has 2 aromatic rings. The van der Waals surface area contributed by atoms with Crippen LogP contribution in [0.25, 0.3) is 0 Å². The van der Waals surface area contributed by atoms with Gasteiger partial charge in [0, 0.05) is 11.8 Å². The van der Waals surface area contributed by atoms with E-state index in [0.29, 0.717) is 6.42 Å². The molecule has 0 fully saturated rings. The first-order valence-corrected chi connectivity index (χ1v) is 8.22. The second-order valence-corrected chi connectivity index (χ2v) is 6.25. The van der Waals surface area contributed by atoms with Gasteiger partial charge in [-0.3, -0.25) is 4.79 Å². The Morgan fingerprint density at radius 3 is 2.69 bits per heavy atom. The molecule has 0 bridgehead atoms. The molecule has 2 aromatic carbocycles. The molecule has 0 saturated carbocycles. The minimum Gasteiger partial charge on any atom is -0.508 e. The van der Waals surface area contributed by atoms with Crippen LogP contribution in [0.4, 0.5) is 5.69 Å². The van der Waals surface area contributed by atoms with Crippen LogP contribution in [0.3, 0.4) is 0 Å². The highest BCUT2D eigenvalue weighted by molar-refractivity contribution is 6.09. The van der Waals surface area contributed by atoms with Crippen LogP contribution in [-0.4, -0.2) is 16.1 Å². The van der Waals surface area contributed by atoms with E-state index >= 15 is 0 Å². The molecular formula is C22H19NO3. The van der Waals surface area contributed by atoms with Gasteiger partial charge in [0.05, 0.1) is 0 Å². The predicted molar refractivity (Wildman–Crippen MR) is 102 cm³/mol. The number of hydrogen-bond donors (Lipinski definition) is 3. The molecule has 1 heterocycles. The molecule has 130 valence electrons. The van der Waals surface area contributed by atoms with Gasteiger partial charge in [-0.15, -0.1) is 6.42 Å². The Hall–Kier alpha value is -3.45. The molecule has 1 aliphatic heterocycles. The summed E-state index contributed by atoms with van der Waals surface area (Å²) in [6, 6.07) is 12.4. The number of anilines is 1. The van der Waals surface area contributed by atoms with Crippen LogP contribution in [0.2, 0.25) is 0 Å². The van der Waals surface area contributed by atoms with Crippen molar-refractivity contribution in [1.29, 1.82) is 0 Å². The number of rotatable bonds is 4. The summed E-state index contributed by atoms with van der Waals surface area (Å²) in [6.45, 7) is 1.95. The van der Waals surface area contributed by atoms with Crippen molar-refractivity contribution in [3.05, 3.63) is 83.1 Å². The van der Waals surface area contributed by atoms with Gasteiger partial charge in [0.1, 0.15) is 16.9 Å². The minimum absolute atomic E-state index is 0.0452. The van der Waals surface area contributed by atoms with Gasteiger partial charge in [-0.05, 0) is 48.2 Å². The van der Waals surface area contributed by atoms with Crippen LogP contribution >= 0.6 is 0 Å². The zero-order valence-corrected chi connectivity index (χ0v) is 14.4. The number of aryl methyl sites for hydroxylation is 1. The van der Waals surface area contributed by atoms with E-state index in [1.54, 1.807) is 30.3 Å². The van der Waals surface area contributed by atoms with Gasteiger partial charge >= 0.3 is 0 Å². The van der Waals surface area contributed by atoms with Crippen LogP contribution < -0.4 is 5.32 Å². The van der Waals surface area contributed by atoms with Crippen molar-refractivity contribution in [2.75, 3.05) is 5.32 Å². The van der Waals surface area contributed by atoms with Crippen LogP contribution in [-0.2, 0) is 10.2 Å². The lowest BCUT2D eigenvalue weighted by atomic mass is 9.72. The number of phenolic OH excluding ortho intramolecular Hbond substituents is 1. The number of fused-ring (bicyclic) bond motifs is 1. The number of amides is 1. The van der Waals surface area contributed by atoms with Crippen molar-refractivity contribution in [2.45, 2.75) is 18.8 Å². The second-order valence-electron chi connectivity index (χ2n) is 6.25. The van der Waals surface area contributed by atoms with E-state index in [2.05, 4.69) is 11.2 Å². The summed E-state index contributed by atoms with van der Waals surface area (Å²) < 4.78 is 0. The molecule has 4 heteroatoms. The maximum atomic E-state index is 13.1. The molecular weight excluding hydrogens is 326 g/mol. The van der Waals surface area contributed by atoms with Gasteiger partial charge in [-0.25, -0.2) is 0 Å². The number of carbonyl (C=O) groups excluding carboxylic acids is 1. The molecule has 0 radical (unpaired) electrons. The lowest BCUT2D eigenvalue weighted by molar-refractivity contribution is -0.119. The molecule has 26 heavy (non-hydrogen) atoms. The van der Waals surface area contributed by atoms with E-state index in [1.807, 2.05) is 25.1 Å². The van der Waals surface area contributed by atoms with E-state index < -0.39 is 5.41 Å². The summed E-state index contributed by atoms with van der Waals surface area (Å²) in [4.78, 5) is 13.1. The number of terminal acetylenes is 1. The van der Waals surface area contributed by atoms with Crippen molar-refractivity contribution in [3.8, 4) is 18.1 Å². The molecule has 0 unspecified atom stereocenters. The summed E-state index contributed by atoms with van der Waals surface area (Å²) in [5.74, 6) is 2.20. The zero-order chi connectivity index (χ0) is 18.7. The number of phenols is 1. The Kier molecular flexibility index (Phi) is 4.55. The summed E-state index contributed by atoms with van der Waals surface area (Å²) in [5, 5.41) is 22.3. The minimum atomic E-state index is -0.942. The first-order chi connectivity index (χ1) is 12.5. The van der Waals surface area contributed by atoms with Crippen LogP contribution in [0.15, 0.2) is 66.5 Å². The summed E-state index contributed by atoms with van der Waals surface area (Å²) in [5.41, 5.74) is 2.49. The van der Waals surface area contributed by atoms with E-state index in [4.69, 9.17) is 6.42 Å². The monoisotopic (exact) mass is 345 g/mol. The Labute approximate surface area is 152 Å². The van der Waals surface area contributed by atoms with Gasteiger partial charge in [0.2, 0.25) is 5.91 Å². The van der Waals surface area contributed by atoms with Crippen LogP contribution in [0.5, 0.6) is 5.75 Å². The maximum Gasteiger partial charge on any atom is 0.239 e. The van der Waals surface area contributed by atoms with E-state index in [9.17, 15) is 15.0 Å². The zero-order valence-electron chi connectivity index (χ0n) is 14.4. The van der Waals surface area contributed by atoms with Gasteiger partial charge < -0.3 is 15.5 Å². The third-order valence-corrected chi connectivity index (χ3v) is 4.66. The number of aliphatic hydroxyl groups is 1. The van der Waals surface area contributed by atoms with Crippen molar-refractivity contribution in [1.82, 2.24) is 0 Å². The van der Waals surface area contributed by atoms with Gasteiger partial charge in [0.15, 0.2) is 0 Å². The molecule has 0 aliphatic carbocycles. The quantitative estimate of drug-likeness (QED) is 0.446. The first kappa shape index (κ1) is 17.4. The fraction of sp³-hybridized carbons (Fsp3) is 0.136. The summed E-state index contributed by atoms with van der Waals surface area (Å²) in [6.07, 6.45) is 9.95. The largest absolute Gasteiger partial charge is 0.508 e. The Morgan fingerprint density at radius 2 is 2.00 bits per heavy atom. The molecule has 0 spiro atoms. The van der Waals surface area contributed by atoms with Crippen molar-refractivity contribution in [3.63, 3.8) is 0 Å². The summed E-state index contributed by atoms with van der Waals surface area (Å²) in [7, 11) is 0. The normalized spacial score (nSPS) is 19.2. The standard InChI is InChI=1S/C22H19NO3/c1-3-6-17(24)8-5-14-22(16-10-12-18(25)13-11-16)19-9-4-7-15(2)20(19)23-21(22)26/h1,4-13,24-25H,14H2,2H3,(H,23,26)/b8-5-,17-6+/t22-/m0/s1. The molecule has 0 saturated heterocycles. The molecule has 3 rings (SSSR count). The number of nitrogens with one attached hydrogen (secondary N) is 1. The Bertz CT molecular complexity index is 948. The van der Waals surface area contributed by atoms with Crippen molar-refractivity contribution < 1.29 is 15.0 Å². The van der Waals surface area contributed by atoms with Gasteiger partial charge in [-0.2, -0.15) is 0 Å². The highest BCUT2D eigenvalue weighted by atomic mass is 16.3. The molecule has 3 N–H and O–H groups in total. The van der Waals surface area contributed by atoms with E-state index in [-0.39, 0.29) is 17.4 Å². The molecule has 0 aromatic heterocycles. The van der Waals surface area contributed by atoms with Crippen molar-refractivity contribution in [2.24, 2.45) is 0 Å². The summed E-state index contributed by atoms with van der Waals surface area (Å²) >= 11 is 0. The molecule has 4 nitrogen and oxygen atoms in total. The number of allylic oxidation sites excluding steroid dienone is 3. The van der Waals surface area contributed by atoms with E-state index in [1.165, 1.54) is 12.2 Å². The number of hydrogen-bond acceptors (Lipinski definition) is 3. The number of para-hydroxylation sites is 1. The van der Waals surface area contributed by atoms with Gasteiger partial charge in [-0.1, -0.05) is 42.3 Å². The molecule has 1 amide bonds. The number of benzene rings is 2. The third-order valence-electron chi connectivity index (χ3n) is 4.66. The Balaban J connectivity index is 2.14. The van der Waals surface area contributed by atoms with E-state index in [0.717, 1.165) is 22.4 Å². The smallest absolute Gasteiger partial charge is 0.239 e. The fourth-order valence-corrected chi connectivity index (χ4v) is 3.37. The van der Waals surface area contributed by atoms with Gasteiger partial charge in [0.25, 0.3) is 0 Å². The number of carbonyl (C=O) groups is 1. The maximum absolute atomic E-state index is 13.1. The number of aliphatic hydroxyl groups excluding tert-OH is 1. The second kappa shape index (κ2) is 6.81. The topological polar surface area (TPSA) is 69.6 Å². The Morgan fingerprint density at radius 1 is 1.27 bits per heavy atom. The van der Waals surface area contributed by atoms with Crippen molar-refractivity contribution >= 4 is 11.6 Å². The highest BCUT2D eigenvalue weighted by Crippen LogP contribution is 2.47. The van der Waals surface area contributed by atoms with Crippen LogP contribution in [0, 0.1) is 19.3 Å². The first-order valence-electron chi connectivity index (χ1n) is 8.22. The average molecular weight is 345 g/mol. The molecule has 1 aliphatic rings. The predicted octanol–water partition coefficient (Wildman–Crippen LogP) is 3.96. The SMILES string of the molecule is C#C/C=C(O)\C=C/C[C@@]1(c2ccc(O)cc2)C(=O)Nc2c(C)cccc21. The molecule has 1 atom stereocenters. The van der Waals surface area contributed by atoms with Crippen LogP contribution in [0.1, 0.15) is 23.1 Å². The highest BCUT2D eigenvalue weighted by Gasteiger charge is 2.47. The lowest BCUT2D eigenvalue weighted by Gasteiger charge is -2.27. The average Bonchev–Trinajstić information content (AvgIpc) is 2.90. The lowest BCUT2D eigenvalue weighted by Crippen LogP contribution is -2.35.